The number of pyridine rings is 1. The number of fused-ring (bicyclic) bond motifs is 3. The van der Waals surface area contributed by atoms with Gasteiger partial charge in [0, 0.05) is 30.0 Å². The van der Waals surface area contributed by atoms with E-state index >= 15 is 0 Å². The van der Waals surface area contributed by atoms with Gasteiger partial charge in [0.15, 0.2) is 0 Å². The van der Waals surface area contributed by atoms with Crippen molar-refractivity contribution in [2.75, 3.05) is 30.3 Å². The van der Waals surface area contributed by atoms with Crippen LogP contribution < -0.4 is 16.0 Å². The number of nitrogens with zero attached hydrogens (tertiary/aromatic N) is 2. The lowest BCUT2D eigenvalue weighted by Gasteiger charge is -2.39. The largest absolute Gasteiger partial charge is 0.402 e. The summed E-state index contributed by atoms with van der Waals surface area (Å²) in [5.74, 6) is -1.26. The summed E-state index contributed by atoms with van der Waals surface area (Å²) in [6, 6.07) is 8.52. The van der Waals surface area contributed by atoms with Crippen LogP contribution in [0.2, 0.25) is 0 Å². The first kappa shape index (κ1) is 26.1. The summed E-state index contributed by atoms with van der Waals surface area (Å²) in [5, 5.41) is 8.71. The van der Waals surface area contributed by atoms with E-state index in [1.165, 1.54) is 0 Å². The normalized spacial score (nSPS) is 22.6. The quantitative estimate of drug-likeness (QED) is 0.552. The summed E-state index contributed by atoms with van der Waals surface area (Å²) in [6.07, 6.45) is -0.974. The summed E-state index contributed by atoms with van der Waals surface area (Å²) < 4.78 is 41.0. The molecule has 1 saturated heterocycles. The molecule has 3 amide bonds. The van der Waals surface area contributed by atoms with E-state index < -0.39 is 41.4 Å². The van der Waals surface area contributed by atoms with Crippen LogP contribution in [0.25, 0.3) is 0 Å². The third kappa shape index (κ3) is 4.42. The monoisotopic (exact) mass is 529 g/mol. The van der Waals surface area contributed by atoms with Crippen LogP contribution in [-0.4, -0.2) is 59.5 Å². The van der Waals surface area contributed by atoms with Gasteiger partial charge >= 0.3 is 6.18 Å². The maximum Gasteiger partial charge on any atom is 0.402 e. The molecule has 0 bridgehead atoms. The number of anilines is 2. The van der Waals surface area contributed by atoms with Gasteiger partial charge in [-0.3, -0.25) is 14.4 Å². The van der Waals surface area contributed by atoms with Gasteiger partial charge in [-0.1, -0.05) is 12.1 Å². The minimum atomic E-state index is -4.75. The van der Waals surface area contributed by atoms with Crippen molar-refractivity contribution in [2.24, 2.45) is 5.41 Å². The highest BCUT2D eigenvalue weighted by Gasteiger charge is 2.55. The highest BCUT2D eigenvalue weighted by atomic mass is 19.4. The zero-order chi connectivity index (χ0) is 27.3. The van der Waals surface area contributed by atoms with Crippen molar-refractivity contribution in [1.29, 1.82) is 0 Å². The van der Waals surface area contributed by atoms with Crippen LogP contribution >= 0.6 is 0 Å². The number of carbonyl (C=O) groups excluding carboxylic acids is 3. The number of rotatable bonds is 5. The maximum absolute atomic E-state index is 13.7. The highest BCUT2D eigenvalue weighted by molar-refractivity contribution is 6.06. The Morgan fingerprint density at radius 3 is 2.66 bits per heavy atom. The first-order valence-electron chi connectivity index (χ1n) is 12.7. The molecule has 0 unspecified atom stereocenters. The van der Waals surface area contributed by atoms with E-state index in [9.17, 15) is 27.6 Å². The topological polar surface area (TPSA) is 103 Å². The lowest BCUT2D eigenvalue weighted by molar-refractivity contribution is -0.218. The van der Waals surface area contributed by atoms with Crippen molar-refractivity contribution in [3.05, 3.63) is 53.2 Å². The number of carbonyl (C=O) groups is 3. The van der Waals surface area contributed by atoms with Crippen LogP contribution in [0.1, 0.15) is 43.4 Å². The molecule has 1 aromatic heterocycles. The number of hydrogen-bond acceptors (Lipinski definition) is 5. The van der Waals surface area contributed by atoms with Crippen LogP contribution in [0, 0.1) is 5.41 Å². The third-order valence-corrected chi connectivity index (χ3v) is 7.99. The van der Waals surface area contributed by atoms with Crippen molar-refractivity contribution in [3.63, 3.8) is 0 Å². The molecule has 8 nitrogen and oxygen atoms in total. The van der Waals surface area contributed by atoms with Gasteiger partial charge in [0.05, 0.1) is 5.41 Å². The third-order valence-electron chi connectivity index (χ3n) is 7.99. The average molecular weight is 530 g/mol. The molecule has 2 aliphatic heterocycles. The van der Waals surface area contributed by atoms with E-state index in [2.05, 4.69) is 20.9 Å². The molecular formula is C27H30F3N5O3. The summed E-state index contributed by atoms with van der Waals surface area (Å²) in [7, 11) is 0. The van der Waals surface area contributed by atoms with Crippen LogP contribution in [0.5, 0.6) is 0 Å². The summed E-state index contributed by atoms with van der Waals surface area (Å²) in [5.41, 5.74) is -0.201. The highest BCUT2D eigenvalue weighted by Crippen LogP contribution is 2.47. The molecule has 0 saturated carbocycles. The average Bonchev–Trinajstić information content (AvgIpc) is 3.39. The predicted octanol–water partition coefficient (Wildman–Crippen LogP) is 3.18. The second kappa shape index (κ2) is 9.37. The minimum Gasteiger partial charge on any atom is -0.328 e. The Kier molecular flexibility index (Phi) is 6.45. The van der Waals surface area contributed by atoms with Gasteiger partial charge in [-0.05, 0) is 75.4 Å². The number of alkyl halides is 3. The second-order valence-corrected chi connectivity index (χ2v) is 10.9. The van der Waals surface area contributed by atoms with Gasteiger partial charge in [0.2, 0.25) is 17.7 Å². The van der Waals surface area contributed by atoms with Crippen molar-refractivity contribution in [3.8, 4) is 0 Å². The number of piperidine rings is 1. The smallest absolute Gasteiger partial charge is 0.328 e. The molecule has 1 aliphatic carbocycles. The zero-order valence-corrected chi connectivity index (χ0v) is 21.2. The van der Waals surface area contributed by atoms with Crippen LogP contribution in [0.3, 0.4) is 0 Å². The van der Waals surface area contributed by atoms with Crippen molar-refractivity contribution in [1.82, 2.24) is 15.2 Å². The second-order valence-electron chi connectivity index (χ2n) is 10.9. The molecule has 1 aromatic carbocycles. The first-order valence-corrected chi connectivity index (χ1v) is 12.7. The van der Waals surface area contributed by atoms with E-state index in [1.807, 2.05) is 12.1 Å². The van der Waals surface area contributed by atoms with E-state index in [0.29, 0.717) is 50.3 Å². The van der Waals surface area contributed by atoms with Gasteiger partial charge in [0.25, 0.3) is 0 Å². The minimum absolute atomic E-state index is 0.115. The standard InChI is InChI=1S/C27H30F3N5O3/c1-25(2,27(28,29)30)24(38)35(19-5-3-9-31-14-19)15-21(36)33-18-8-7-16-12-26(13-17(16)11-18)20-6-4-10-32-22(20)34-23(26)37/h4,6-8,10-11,19,31H,3,5,9,12-15H2,1-2H3,(H,33,36)(H,32,34,37)/t19-,26+/m0/s1. The molecule has 38 heavy (non-hydrogen) atoms. The maximum atomic E-state index is 13.7. The Bertz CT molecular complexity index is 1290. The number of benzene rings is 1. The molecule has 0 radical (unpaired) electrons. The molecule has 3 aliphatic rings. The molecule has 3 N–H and O–H groups in total. The van der Waals surface area contributed by atoms with E-state index in [-0.39, 0.29) is 5.91 Å². The molecular weight excluding hydrogens is 499 g/mol. The molecule has 5 rings (SSSR count). The van der Waals surface area contributed by atoms with E-state index in [0.717, 1.165) is 35.4 Å². The van der Waals surface area contributed by atoms with Gasteiger partial charge < -0.3 is 20.9 Å². The fourth-order valence-electron chi connectivity index (χ4n) is 5.65. The Morgan fingerprint density at radius 1 is 1.18 bits per heavy atom. The van der Waals surface area contributed by atoms with Gasteiger partial charge in [0.1, 0.15) is 17.8 Å². The number of amides is 3. The predicted molar refractivity (Wildman–Crippen MR) is 134 cm³/mol. The number of hydrogen-bond donors (Lipinski definition) is 3. The van der Waals surface area contributed by atoms with Gasteiger partial charge in [-0.15, -0.1) is 0 Å². The SMILES string of the molecule is CC(C)(C(=O)N(CC(=O)Nc1ccc2c(c1)C[C@@]1(C2)C(=O)Nc2ncccc21)[C@H]1CCCNC1)C(F)(F)F. The molecule has 11 heteroatoms. The molecule has 202 valence electrons. The van der Waals surface area contributed by atoms with E-state index in [4.69, 9.17) is 0 Å². The fraction of sp³-hybridized carbons (Fsp3) is 0.481. The van der Waals surface area contributed by atoms with Crippen LogP contribution in [0.15, 0.2) is 36.5 Å². The lowest BCUT2D eigenvalue weighted by atomic mass is 9.79. The molecule has 3 heterocycles. The van der Waals surface area contributed by atoms with E-state index in [1.54, 1.807) is 24.4 Å². The summed E-state index contributed by atoms with van der Waals surface area (Å²) in [6.45, 7) is 2.24. The Labute approximate surface area is 218 Å². The molecule has 2 aromatic rings. The molecule has 1 fully saturated rings. The van der Waals surface area contributed by atoms with Crippen molar-refractivity contribution >= 4 is 29.2 Å². The Hall–Kier alpha value is -3.47. The number of halogens is 3. The number of nitrogens with one attached hydrogen (secondary N) is 3. The summed E-state index contributed by atoms with van der Waals surface area (Å²) >= 11 is 0. The molecule has 2 atom stereocenters. The zero-order valence-electron chi connectivity index (χ0n) is 21.2. The lowest BCUT2D eigenvalue weighted by Crippen LogP contribution is -2.57. The van der Waals surface area contributed by atoms with Gasteiger partial charge in [-0.25, -0.2) is 4.98 Å². The Morgan fingerprint density at radius 2 is 1.95 bits per heavy atom. The molecule has 1 spiro atoms. The van der Waals surface area contributed by atoms with Crippen LogP contribution in [0.4, 0.5) is 24.7 Å². The van der Waals surface area contributed by atoms with Crippen LogP contribution in [-0.2, 0) is 32.6 Å². The fourth-order valence-corrected chi connectivity index (χ4v) is 5.65. The Balaban J connectivity index is 1.33. The number of aromatic nitrogens is 1. The summed E-state index contributed by atoms with van der Waals surface area (Å²) in [4.78, 5) is 44.4. The van der Waals surface area contributed by atoms with Crippen molar-refractivity contribution < 1.29 is 27.6 Å². The van der Waals surface area contributed by atoms with Crippen molar-refractivity contribution in [2.45, 2.75) is 57.2 Å². The van der Waals surface area contributed by atoms with Gasteiger partial charge in [-0.2, -0.15) is 13.2 Å². The first-order chi connectivity index (χ1) is 17.9.